The van der Waals surface area contributed by atoms with E-state index in [-0.39, 0.29) is 11.9 Å². The van der Waals surface area contributed by atoms with Gasteiger partial charge in [-0.05, 0) is 32.3 Å². The molecule has 4 nitrogen and oxygen atoms in total. The topological polar surface area (TPSA) is 38.1 Å². The molecule has 0 N–H and O–H groups in total. The highest BCUT2D eigenvalue weighted by molar-refractivity contribution is 5.92. The Bertz CT molecular complexity index is 688. The number of hydrogen-bond acceptors (Lipinski definition) is 2. The maximum absolute atomic E-state index is 12.7. The highest BCUT2D eigenvalue weighted by Crippen LogP contribution is 2.22. The fourth-order valence-corrected chi connectivity index (χ4v) is 2.91. The summed E-state index contributed by atoms with van der Waals surface area (Å²) in [7, 11) is 0. The van der Waals surface area contributed by atoms with Crippen LogP contribution in [0.1, 0.15) is 48.8 Å². The van der Waals surface area contributed by atoms with E-state index in [9.17, 15) is 4.79 Å². The maximum Gasteiger partial charge on any atom is 0.274 e. The molecule has 1 atom stereocenters. The highest BCUT2D eigenvalue weighted by Gasteiger charge is 2.28. The molecule has 0 spiro atoms. The van der Waals surface area contributed by atoms with Crippen LogP contribution >= 0.6 is 0 Å². The molecular formula is C19H23N3O. The first-order valence-electron chi connectivity index (χ1n) is 8.23. The van der Waals surface area contributed by atoms with Gasteiger partial charge in [-0.2, -0.15) is 0 Å². The van der Waals surface area contributed by atoms with Crippen molar-refractivity contribution in [3.8, 4) is 0 Å². The second kappa shape index (κ2) is 6.82. The Morgan fingerprint density at radius 2 is 2.09 bits per heavy atom. The van der Waals surface area contributed by atoms with E-state index < -0.39 is 0 Å². The number of aromatic nitrogens is 2. The van der Waals surface area contributed by atoms with Crippen LogP contribution in [0.15, 0.2) is 48.9 Å². The molecule has 2 aromatic rings. The molecule has 1 aromatic heterocycles. The third-order valence-electron chi connectivity index (χ3n) is 4.29. The van der Waals surface area contributed by atoms with E-state index in [4.69, 9.17) is 0 Å². The molecule has 0 saturated carbocycles. The van der Waals surface area contributed by atoms with E-state index in [0.29, 0.717) is 11.7 Å². The Labute approximate surface area is 137 Å². The number of carbonyl (C=O) groups is 1. The van der Waals surface area contributed by atoms with Gasteiger partial charge in [-0.3, -0.25) is 4.79 Å². The molecule has 0 aliphatic carbocycles. The van der Waals surface area contributed by atoms with Crippen LogP contribution in [0.25, 0.3) is 6.08 Å². The molecule has 0 bridgehead atoms. The molecular weight excluding hydrogens is 286 g/mol. The zero-order valence-corrected chi connectivity index (χ0v) is 13.7. The monoisotopic (exact) mass is 309 g/mol. The van der Waals surface area contributed by atoms with Gasteiger partial charge in [-0.1, -0.05) is 42.5 Å². The van der Waals surface area contributed by atoms with Crippen molar-refractivity contribution in [1.29, 1.82) is 0 Å². The van der Waals surface area contributed by atoms with Crippen LogP contribution in [-0.2, 0) is 0 Å². The van der Waals surface area contributed by atoms with Crippen molar-refractivity contribution in [3.63, 3.8) is 0 Å². The summed E-state index contributed by atoms with van der Waals surface area (Å²) >= 11 is 0. The summed E-state index contributed by atoms with van der Waals surface area (Å²) < 4.78 is 1.97. The second-order valence-electron chi connectivity index (χ2n) is 6.28. The quantitative estimate of drug-likeness (QED) is 0.862. The number of nitrogens with zero attached hydrogens (tertiary/aromatic N) is 3. The predicted molar refractivity (Wildman–Crippen MR) is 92.1 cm³/mol. The number of amides is 1. The Kier molecular flexibility index (Phi) is 4.60. The molecule has 1 saturated heterocycles. The summed E-state index contributed by atoms with van der Waals surface area (Å²) in [6.45, 7) is 4.96. The number of imidazole rings is 1. The van der Waals surface area contributed by atoms with Gasteiger partial charge in [0, 0.05) is 18.8 Å². The lowest BCUT2D eigenvalue weighted by molar-refractivity contribution is 0.0756. The largest absolute Gasteiger partial charge is 0.334 e. The van der Waals surface area contributed by atoms with Crippen LogP contribution in [0.5, 0.6) is 0 Å². The van der Waals surface area contributed by atoms with Crippen LogP contribution in [0, 0.1) is 0 Å². The third-order valence-corrected chi connectivity index (χ3v) is 4.29. The number of likely N-dealkylation sites (tertiary alicyclic amines) is 1. The van der Waals surface area contributed by atoms with Gasteiger partial charge in [-0.15, -0.1) is 0 Å². The molecule has 1 fully saturated rings. The minimum absolute atomic E-state index is 0.0320. The number of carbonyl (C=O) groups excluding carboxylic acids is 1. The summed E-state index contributed by atoms with van der Waals surface area (Å²) in [4.78, 5) is 18.9. The van der Waals surface area contributed by atoms with Crippen molar-refractivity contribution < 1.29 is 4.79 Å². The van der Waals surface area contributed by atoms with Gasteiger partial charge >= 0.3 is 0 Å². The summed E-state index contributed by atoms with van der Waals surface area (Å²) in [6.07, 6.45) is 9.88. The zero-order chi connectivity index (χ0) is 16.2. The first-order valence-corrected chi connectivity index (χ1v) is 8.23. The summed E-state index contributed by atoms with van der Waals surface area (Å²) in [6, 6.07) is 10.7. The van der Waals surface area contributed by atoms with E-state index in [1.54, 1.807) is 6.33 Å². The molecule has 2 heterocycles. The second-order valence-corrected chi connectivity index (χ2v) is 6.28. The zero-order valence-electron chi connectivity index (χ0n) is 13.7. The van der Waals surface area contributed by atoms with Crippen molar-refractivity contribution in [3.05, 3.63) is 60.2 Å². The molecule has 1 aliphatic heterocycles. The normalized spacial score (nSPS) is 18.2. The lowest BCUT2D eigenvalue weighted by Crippen LogP contribution is -2.34. The molecule has 3 rings (SSSR count). The van der Waals surface area contributed by atoms with Crippen LogP contribution in [0.3, 0.4) is 0 Å². The minimum atomic E-state index is 0.0320. The van der Waals surface area contributed by atoms with Crippen LogP contribution in [0.2, 0.25) is 0 Å². The molecule has 120 valence electrons. The first-order chi connectivity index (χ1) is 11.1. The van der Waals surface area contributed by atoms with Gasteiger partial charge in [0.2, 0.25) is 0 Å². The Morgan fingerprint density at radius 1 is 1.30 bits per heavy atom. The minimum Gasteiger partial charge on any atom is -0.334 e. The van der Waals surface area contributed by atoms with Gasteiger partial charge in [-0.25, -0.2) is 4.98 Å². The summed E-state index contributed by atoms with van der Waals surface area (Å²) in [5.41, 5.74) is 1.70. The molecule has 1 aromatic carbocycles. The Morgan fingerprint density at radius 3 is 2.78 bits per heavy atom. The number of hydrogen-bond donors (Lipinski definition) is 0. The fourth-order valence-electron chi connectivity index (χ4n) is 2.91. The SMILES string of the molecule is CC(C)n1cnc(C(=O)N2CCCC2/C=C/c2ccccc2)c1. The smallest absolute Gasteiger partial charge is 0.274 e. The molecule has 4 heteroatoms. The van der Waals surface area contributed by atoms with Gasteiger partial charge < -0.3 is 9.47 Å². The molecule has 23 heavy (non-hydrogen) atoms. The standard InChI is InChI=1S/C19H23N3O/c1-15(2)21-13-18(20-14-21)19(23)22-12-6-9-17(22)11-10-16-7-4-3-5-8-16/h3-5,7-8,10-11,13-15,17H,6,9,12H2,1-2H3/b11-10+. The van der Waals surface area contributed by atoms with Crippen molar-refractivity contribution in [2.75, 3.05) is 6.54 Å². The van der Waals surface area contributed by atoms with E-state index in [1.165, 1.54) is 0 Å². The lowest BCUT2D eigenvalue weighted by Gasteiger charge is -2.21. The predicted octanol–water partition coefficient (Wildman–Crippen LogP) is 3.78. The summed E-state index contributed by atoms with van der Waals surface area (Å²) in [5.74, 6) is 0.0320. The van der Waals surface area contributed by atoms with E-state index >= 15 is 0 Å². The number of rotatable bonds is 4. The molecule has 1 amide bonds. The van der Waals surface area contributed by atoms with Crippen molar-refractivity contribution in [2.24, 2.45) is 0 Å². The molecule has 1 aliphatic rings. The molecule has 0 radical (unpaired) electrons. The van der Waals surface area contributed by atoms with Crippen LogP contribution in [0.4, 0.5) is 0 Å². The fraction of sp³-hybridized carbons (Fsp3) is 0.368. The van der Waals surface area contributed by atoms with Gasteiger partial charge in [0.1, 0.15) is 5.69 Å². The average Bonchev–Trinajstić information content (AvgIpc) is 3.22. The van der Waals surface area contributed by atoms with Gasteiger partial charge in [0.05, 0.1) is 12.4 Å². The van der Waals surface area contributed by atoms with E-state index in [0.717, 1.165) is 24.9 Å². The Balaban J connectivity index is 1.73. The Hall–Kier alpha value is -2.36. The van der Waals surface area contributed by atoms with Gasteiger partial charge in [0.15, 0.2) is 0 Å². The van der Waals surface area contributed by atoms with Crippen molar-refractivity contribution in [2.45, 2.75) is 38.8 Å². The number of benzene rings is 1. The van der Waals surface area contributed by atoms with E-state index in [1.807, 2.05) is 33.9 Å². The maximum atomic E-state index is 12.7. The van der Waals surface area contributed by atoms with Crippen LogP contribution < -0.4 is 0 Å². The molecule has 1 unspecified atom stereocenters. The van der Waals surface area contributed by atoms with Crippen molar-refractivity contribution >= 4 is 12.0 Å². The van der Waals surface area contributed by atoms with Crippen molar-refractivity contribution in [1.82, 2.24) is 14.5 Å². The highest BCUT2D eigenvalue weighted by atomic mass is 16.2. The van der Waals surface area contributed by atoms with E-state index in [2.05, 4.69) is 43.1 Å². The third kappa shape index (κ3) is 3.52. The van der Waals surface area contributed by atoms with Crippen LogP contribution in [-0.4, -0.2) is 32.9 Å². The summed E-state index contributed by atoms with van der Waals surface area (Å²) in [5, 5.41) is 0. The van der Waals surface area contributed by atoms with Gasteiger partial charge in [0.25, 0.3) is 5.91 Å². The average molecular weight is 309 g/mol. The first kappa shape index (κ1) is 15.5. The lowest BCUT2D eigenvalue weighted by atomic mass is 10.1.